The Balaban J connectivity index is 1.98. The van der Waals surface area contributed by atoms with Crippen LogP contribution in [-0.2, 0) is 4.74 Å². The molecular formula is C16H28O. The lowest BCUT2D eigenvalue weighted by atomic mass is 9.50. The molecule has 17 heavy (non-hydrogen) atoms. The van der Waals surface area contributed by atoms with Crippen molar-refractivity contribution in [1.82, 2.24) is 0 Å². The standard InChI is InChI=1S/C16H28O/c1-11-8-13-6-7-14(3,4)9-16(13)10-15(11,5)17-12(16)2/h11-13H,6-10H2,1-5H3. The van der Waals surface area contributed by atoms with Crippen molar-refractivity contribution in [2.24, 2.45) is 22.7 Å². The van der Waals surface area contributed by atoms with Crippen LogP contribution in [0.1, 0.15) is 66.7 Å². The fourth-order valence-electron chi connectivity index (χ4n) is 5.34. The van der Waals surface area contributed by atoms with Crippen LogP contribution in [0.15, 0.2) is 0 Å². The van der Waals surface area contributed by atoms with E-state index in [2.05, 4.69) is 34.6 Å². The maximum atomic E-state index is 6.44. The van der Waals surface area contributed by atoms with E-state index in [1.54, 1.807) is 0 Å². The minimum atomic E-state index is 0.170. The van der Waals surface area contributed by atoms with Gasteiger partial charge in [0, 0.05) is 5.41 Å². The Kier molecular flexibility index (Phi) is 2.32. The molecule has 1 heteroatoms. The summed E-state index contributed by atoms with van der Waals surface area (Å²) >= 11 is 0. The van der Waals surface area contributed by atoms with Crippen LogP contribution in [0.5, 0.6) is 0 Å². The zero-order valence-electron chi connectivity index (χ0n) is 12.2. The van der Waals surface area contributed by atoms with Gasteiger partial charge in [-0.1, -0.05) is 20.8 Å². The monoisotopic (exact) mass is 236 g/mol. The second kappa shape index (κ2) is 3.29. The predicted molar refractivity (Wildman–Crippen MR) is 70.9 cm³/mol. The van der Waals surface area contributed by atoms with Crippen LogP contribution in [0, 0.1) is 22.7 Å². The van der Waals surface area contributed by atoms with Crippen LogP contribution in [0.25, 0.3) is 0 Å². The highest BCUT2D eigenvalue weighted by molar-refractivity contribution is 5.12. The molecule has 1 nitrogen and oxygen atoms in total. The van der Waals surface area contributed by atoms with Gasteiger partial charge >= 0.3 is 0 Å². The molecule has 1 saturated heterocycles. The zero-order valence-corrected chi connectivity index (χ0v) is 12.2. The van der Waals surface area contributed by atoms with Crippen LogP contribution in [-0.4, -0.2) is 11.7 Å². The van der Waals surface area contributed by atoms with Crippen molar-refractivity contribution in [2.45, 2.75) is 78.4 Å². The Morgan fingerprint density at radius 1 is 1.06 bits per heavy atom. The highest BCUT2D eigenvalue weighted by Crippen LogP contribution is 2.66. The average Bonchev–Trinajstić information content (AvgIpc) is 2.40. The molecule has 5 atom stereocenters. The molecule has 1 heterocycles. The number of ether oxygens (including phenoxy) is 1. The molecule has 0 aromatic carbocycles. The third kappa shape index (κ3) is 1.54. The van der Waals surface area contributed by atoms with Crippen LogP contribution < -0.4 is 0 Å². The summed E-state index contributed by atoms with van der Waals surface area (Å²) in [4.78, 5) is 0. The maximum Gasteiger partial charge on any atom is 0.0690 e. The minimum absolute atomic E-state index is 0.170. The third-order valence-electron chi connectivity index (χ3n) is 6.41. The maximum absolute atomic E-state index is 6.44. The molecule has 0 aromatic rings. The van der Waals surface area contributed by atoms with Gasteiger partial charge in [0.05, 0.1) is 11.7 Å². The molecule has 0 amide bonds. The summed E-state index contributed by atoms with van der Waals surface area (Å²) in [5.74, 6) is 1.67. The van der Waals surface area contributed by atoms with Crippen LogP contribution in [0.2, 0.25) is 0 Å². The van der Waals surface area contributed by atoms with Gasteiger partial charge in [0.15, 0.2) is 0 Å². The van der Waals surface area contributed by atoms with Crippen molar-refractivity contribution in [3.63, 3.8) is 0 Å². The lowest BCUT2D eigenvalue weighted by Gasteiger charge is -2.53. The first kappa shape index (κ1) is 12.0. The van der Waals surface area contributed by atoms with Crippen molar-refractivity contribution in [3.05, 3.63) is 0 Å². The summed E-state index contributed by atoms with van der Waals surface area (Å²) in [6.45, 7) is 12.0. The highest BCUT2D eigenvalue weighted by Gasteiger charge is 2.63. The SMILES string of the molecule is CC1CC2CCC(C)(C)CC23CC1(C)OC3C. The summed E-state index contributed by atoms with van der Waals surface area (Å²) in [5, 5.41) is 0. The van der Waals surface area contributed by atoms with Crippen LogP contribution >= 0.6 is 0 Å². The van der Waals surface area contributed by atoms with Gasteiger partial charge < -0.3 is 4.74 Å². The molecule has 0 N–H and O–H groups in total. The van der Waals surface area contributed by atoms with Gasteiger partial charge in [0.1, 0.15) is 0 Å². The Morgan fingerprint density at radius 2 is 1.76 bits per heavy atom. The van der Waals surface area contributed by atoms with Gasteiger partial charge in [-0.25, -0.2) is 0 Å². The molecule has 3 rings (SSSR count). The normalized spacial score (nSPS) is 56.6. The number of hydrogen-bond acceptors (Lipinski definition) is 1. The average molecular weight is 236 g/mol. The van der Waals surface area contributed by atoms with Crippen molar-refractivity contribution in [2.75, 3.05) is 0 Å². The first-order valence-corrected chi connectivity index (χ1v) is 7.45. The van der Waals surface area contributed by atoms with Crippen LogP contribution in [0.3, 0.4) is 0 Å². The Morgan fingerprint density at radius 3 is 2.47 bits per heavy atom. The Hall–Kier alpha value is -0.0400. The highest BCUT2D eigenvalue weighted by atomic mass is 16.5. The van der Waals surface area contributed by atoms with Gasteiger partial charge in [-0.2, -0.15) is 0 Å². The molecule has 2 bridgehead atoms. The molecule has 2 aliphatic carbocycles. The van der Waals surface area contributed by atoms with E-state index in [1.165, 1.54) is 32.1 Å². The van der Waals surface area contributed by atoms with E-state index in [0.29, 0.717) is 16.9 Å². The summed E-state index contributed by atoms with van der Waals surface area (Å²) in [6.07, 6.45) is 7.42. The second-order valence-corrected chi connectivity index (χ2v) is 8.20. The molecular weight excluding hydrogens is 208 g/mol. The Labute approximate surface area is 106 Å². The first-order valence-electron chi connectivity index (χ1n) is 7.45. The summed E-state index contributed by atoms with van der Waals surface area (Å²) in [5.41, 5.74) is 1.20. The third-order valence-corrected chi connectivity index (χ3v) is 6.41. The van der Waals surface area contributed by atoms with Gasteiger partial charge in [-0.15, -0.1) is 0 Å². The molecule has 0 aromatic heterocycles. The Bertz CT molecular complexity index is 334. The summed E-state index contributed by atoms with van der Waals surface area (Å²) < 4.78 is 6.44. The molecule has 98 valence electrons. The predicted octanol–water partition coefficient (Wildman–Crippen LogP) is 4.41. The van der Waals surface area contributed by atoms with E-state index in [-0.39, 0.29) is 5.60 Å². The molecule has 3 fully saturated rings. The van der Waals surface area contributed by atoms with E-state index in [0.717, 1.165) is 11.8 Å². The molecule has 3 aliphatic rings. The van der Waals surface area contributed by atoms with Crippen molar-refractivity contribution < 1.29 is 4.74 Å². The van der Waals surface area contributed by atoms with Crippen molar-refractivity contribution >= 4 is 0 Å². The van der Waals surface area contributed by atoms with E-state index < -0.39 is 0 Å². The van der Waals surface area contributed by atoms with Crippen molar-refractivity contribution in [1.29, 1.82) is 0 Å². The largest absolute Gasteiger partial charge is 0.371 e. The molecule has 5 unspecified atom stereocenters. The number of rotatable bonds is 0. The summed E-state index contributed by atoms with van der Waals surface area (Å²) in [7, 11) is 0. The topological polar surface area (TPSA) is 9.23 Å². The molecule has 1 aliphatic heterocycles. The zero-order chi connectivity index (χ0) is 12.5. The van der Waals surface area contributed by atoms with Gasteiger partial charge in [-0.3, -0.25) is 0 Å². The van der Waals surface area contributed by atoms with Gasteiger partial charge in [0.2, 0.25) is 0 Å². The summed E-state index contributed by atoms with van der Waals surface area (Å²) in [6, 6.07) is 0. The fraction of sp³-hybridized carbons (Fsp3) is 1.00. The van der Waals surface area contributed by atoms with E-state index >= 15 is 0 Å². The van der Waals surface area contributed by atoms with Gasteiger partial charge in [-0.05, 0) is 63.2 Å². The molecule has 2 saturated carbocycles. The van der Waals surface area contributed by atoms with E-state index in [1.807, 2.05) is 0 Å². The lowest BCUT2D eigenvalue weighted by molar-refractivity contribution is -0.0552. The fourth-order valence-corrected chi connectivity index (χ4v) is 5.34. The first-order chi connectivity index (χ1) is 7.78. The number of hydrogen-bond donors (Lipinski definition) is 0. The minimum Gasteiger partial charge on any atom is -0.371 e. The smallest absolute Gasteiger partial charge is 0.0690 e. The second-order valence-electron chi connectivity index (χ2n) is 8.20. The van der Waals surface area contributed by atoms with Crippen molar-refractivity contribution in [3.8, 4) is 0 Å². The number of fused-ring (bicyclic) bond motifs is 1. The molecule has 1 spiro atoms. The molecule has 0 radical (unpaired) electrons. The van der Waals surface area contributed by atoms with E-state index in [9.17, 15) is 0 Å². The van der Waals surface area contributed by atoms with E-state index in [4.69, 9.17) is 4.74 Å². The van der Waals surface area contributed by atoms with Crippen LogP contribution in [0.4, 0.5) is 0 Å². The van der Waals surface area contributed by atoms with Gasteiger partial charge in [0.25, 0.3) is 0 Å². The quantitative estimate of drug-likeness (QED) is 0.605. The lowest BCUT2D eigenvalue weighted by Crippen LogP contribution is -2.49.